The number of aromatic nitrogens is 3. The molecule has 0 radical (unpaired) electrons. The second kappa shape index (κ2) is 9.90. The quantitative estimate of drug-likeness (QED) is 0.409. The van der Waals surface area contributed by atoms with E-state index in [1.807, 2.05) is 36.4 Å². The molecule has 2 aromatic carbocycles. The number of hydrogen-bond donors (Lipinski definition) is 1. The van der Waals surface area contributed by atoms with Gasteiger partial charge in [-0.25, -0.2) is 0 Å². The molecule has 0 aliphatic carbocycles. The summed E-state index contributed by atoms with van der Waals surface area (Å²) in [6.07, 6.45) is 1.69. The number of anilines is 1. The smallest absolute Gasteiger partial charge is 0.254 e. The molecule has 0 spiro atoms. The first-order valence-electron chi connectivity index (χ1n) is 10.2. The minimum atomic E-state index is -0.253. The summed E-state index contributed by atoms with van der Waals surface area (Å²) in [6.45, 7) is 0.359. The molecule has 0 bridgehead atoms. The fourth-order valence-corrected chi connectivity index (χ4v) is 3.28. The first-order chi connectivity index (χ1) is 16.1. The van der Waals surface area contributed by atoms with Crippen LogP contribution in [0.3, 0.4) is 0 Å². The molecule has 0 unspecified atom stereocenters. The average Bonchev–Trinajstić information content (AvgIpc) is 3.53. The third-order valence-electron chi connectivity index (χ3n) is 5.00. The van der Waals surface area contributed by atoms with Gasteiger partial charge in [-0.05, 0) is 54.1 Å². The number of benzene rings is 2. The molecule has 1 N–H and O–H groups in total. The summed E-state index contributed by atoms with van der Waals surface area (Å²) >= 11 is 0. The Bertz CT molecular complexity index is 1220. The molecule has 0 fully saturated rings. The van der Waals surface area contributed by atoms with Gasteiger partial charge in [-0.3, -0.25) is 4.79 Å². The molecular formula is C24H24N4O5. The zero-order valence-corrected chi connectivity index (χ0v) is 18.6. The van der Waals surface area contributed by atoms with Gasteiger partial charge in [-0.15, -0.1) is 5.10 Å². The van der Waals surface area contributed by atoms with Crippen LogP contribution in [0.15, 0.2) is 65.3 Å². The van der Waals surface area contributed by atoms with Crippen molar-refractivity contribution in [3.63, 3.8) is 0 Å². The van der Waals surface area contributed by atoms with Gasteiger partial charge in [0.25, 0.3) is 5.91 Å². The summed E-state index contributed by atoms with van der Waals surface area (Å²) in [5, 5.41) is 7.62. The van der Waals surface area contributed by atoms with Gasteiger partial charge in [0.2, 0.25) is 5.95 Å². The van der Waals surface area contributed by atoms with Gasteiger partial charge < -0.3 is 23.9 Å². The number of carbonyl (C=O) groups excluding carboxylic acids is 1. The molecule has 0 amide bonds. The lowest BCUT2D eigenvalue weighted by Crippen LogP contribution is -2.18. The van der Waals surface area contributed by atoms with E-state index in [0.29, 0.717) is 35.6 Å². The number of rotatable bonds is 9. The van der Waals surface area contributed by atoms with Crippen LogP contribution >= 0.6 is 0 Å². The topological polar surface area (TPSA) is 101 Å². The predicted octanol–water partition coefficient (Wildman–Crippen LogP) is 4.06. The largest absolute Gasteiger partial charge is 0.497 e. The van der Waals surface area contributed by atoms with Crippen molar-refractivity contribution in [2.75, 3.05) is 26.6 Å². The summed E-state index contributed by atoms with van der Waals surface area (Å²) in [5.41, 5.74) is 1.52. The number of methoxy groups -OCH3 is 3. The fraction of sp³-hybridized carbons (Fsp3) is 0.208. The van der Waals surface area contributed by atoms with Crippen LogP contribution in [0.5, 0.6) is 17.2 Å². The zero-order chi connectivity index (χ0) is 23.2. The molecule has 2 aromatic heterocycles. The van der Waals surface area contributed by atoms with Crippen LogP contribution in [0.4, 0.5) is 5.95 Å². The van der Waals surface area contributed by atoms with E-state index in [1.54, 1.807) is 45.8 Å². The van der Waals surface area contributed by atoms with E-state index in [4.69, 9.17) is 18.6 Å². The lowest BCUT2D eigenvalue weighted by molar-refractivity contribution is 0.0901. The van der Waals surface area contributed by atoms with Crippen LogP contribution in [0.1, 0.15) is 16.1 Å². The molecule has 33 heavy (non-hydrogen) atoms. The number of ether oxygens (including phenoxy) is 3. The number of nitrogens with zero attached hydrogens (tertiary/aromatic N) is 3. The second-order valence-electron chi connectivity index (χ2n) is 7.09. The number of hydrogen-bond acceptors (Lipinski definition) is 8. The third-order valence-corrected chi connectivity index (χ3v) is 5.00. The highest BCUT2D eigenvalue weighted by atomic mass is 16.5. The van der Waals surface area contributed by atoms with Crippen molar-refractivity contribution >= 4 is 11.9 Å². The van der Waals surface area contributed by atoms with Crippen molar-refractivity contribution in [3.05, 3.63) is 72.2 Å². The Kier molecular flexibility index (Phi) is 6.58. The minimum Gasteiger partial charge on any atom is -0.497 e. The van der Waals surface area contributed by atoms with Gasteiger partial charge >= 0.3 is 0 Å². The standard InChI is InChI=1S/C24H24N4O5/c1-30-18-9-7-17(8-10-18)23-26-24(25-15-19-5-4-12-33-19)28(27-23)22(29)14-16-6-11-20(31-2)21(13-16)32-3/h4-13H,14-15H2,1-3H3,(H,25,26,27). The monoisotopic (exact) mass is 448 g/mol. The van der Waals surface area contributed by atoms with Gasteiger partial charge in [0, 0.05) is 5.56 Å². The maximum atomic E-state index is 13.2. The normalized spacial score (nSPS) is 10.6. The summed E-state index contributed by atoms with van der Waals surface area (Å²) in [4.78, 5) is 17.8. The van der Waals surface area contributed by atoms with Gasteiger partial charge in [0.1, 0.15) is 11.5 Å². The molecule has 9 heteroatoms. The van der Waals surface area contributed by atoms with E-state index in [1.165, 1.54) is 4.68 Å². The van der Waals surface area contributed by atoms with Gasteiger partial charge in [0.05, 0.1) is 40.6 Å². The lowest BCUT2D eigenvalue weighted by Gasteiger charge is -2.10. The van der Waals surface area contributed by atoms with E-state index in [-0.39, 0.29) is 12.3 Å². The number of furan rings is 1. The van der Waals surface area contributed by atoms with E-state index in [0.717, 1.165) is 16.9 Å². The van der Waals surface area contributed by atoms with E-state index >= 15 is 0 Å². The van der Waals surface area contributed by atoms with E-state index < -0.39 is 0 Å². The van der Waals surface area contributed by atoms with Gasteiger partial charge in [0.15, 0.2) is 17.3 Å². The summed E-state index contributed by atoms with van der Waals surface area (Å²) in [6, 6.07) is 16.3. The zero-order valence-electron chi connectivity index (χ0n) is 18.6. The SMILES string of the molecule is COc1ccc(-c2nc(NCc3ccco3)n(C(=O)Cc3ccc(OC)c(OC)c3)n2)cc1. The maximum absolute atomic E-state index is 13.2. The number of carbonyl (C=O) groups is 1. The second-order valence-corrected chi connectivity index (χ2v) is 7.09. The summed E-state index contributed by atoms with van der Waals surface area (Å²) in [7, 11) is 4.72. The molecule has 0 saturated carbocycles. The van der Waals surface area contributed by atoms with Gasteiger partial charge in [-0.2, -0.15) is 9.67 Å². The van der Waals surface area contributed by atoms with Crippen molar-refractivity contribution in [3.8, 4) is 28.6 Å². The first kappa shape index (κ1) is 21.9. The molecule has 4 aromatic rings. The minimum absolute atomic E-state index is 0.0984. The maximum Gasteiger partial charge on any atom is 0.254 e. The third kappa shape index (κ3) is 4.98. The van der Waals surface area contributed by atoms with Crippen LogP contribution in [-0.4, -0.2) is 42.0 Å². The Labute approximate surface area is 190 Å². The van der Waals surface area contributed by atoms with Crippen molar-refractivity contribution in [2.45, 2.75) is 13.0 Å². The highest BCUT2D eigenvalue weighted by molar-refractivity contribution is 5.83. The lowest BCUT2D eigenvalue weighted by atomic mass is 10.1. The predicted molar refractivity (Wildman–Crippen MR) is 122 cm³/mol. The molecule has 0 aliphatic rings. The van der Waals surface area contributed by atoms with Gasteiger partial charge in [-0.1, -0.05) is 6.07 Å². The first-order valence-corrected chi connectivity index (χ1v) is 10.2. The Hall–Kier alpha value is -4.27. The molecule has 0 saturated heterocycles. The summed E-state index contributed by atoms with van der Waals surface area (Å²) in [5.74, 6) is 3.06. The van der Waals surface area contributed by atoms with E-state index in [9.17, 15) is 4.79 Å². The van der Waals surface area contributed by atoms with Crippen molar-refractivity contribution < 1.29 is 23.4 Å². The van der Waals surface area contributed by atoms with Crippen LogP contribution in [0.2, 0.25) is 0 Å². The van der Waals surface area contributed by atoms with Crippen molar-refractivity contribution in [2.24, 2.45) is 0 Å². The summed E-state index contributed by atoms with van der Waals surface area (Å²) < 4.78 is 22.5. The number of nitrogens with one attached hydrogen (secondary N) is 1. The molecule has 9 nitrogen and oxygen atoms in total. The van der Waals surface area contributed by atoms with Crippen LogP contribution in [-0.2, 0) is 13.0 Å². The molecule has 0 aliphatic heterocycles. The molecule has 2 heterocycles. The molecular weight excluding hydrogens is 424 g/mol. The van der Waals surface area contributed by atoms with Crippen LogP contribution in [0.25, 0.3) is 11.4 Å². The van der Waals surface area contributed by atoms with E-state index in [2.05, 4.69) is 15.4 Å². The molecule has 0 atom stereocenters. The Balaban J connectivity index is 1.62. The fourth-order valence-electron chi connectivity index (χ4n) is 3.28. The van der Waals surface area contributed by atoms with Crippen LogP contribution < -0.4 is 19.5 Å². The highest BCUT2D eigenvalue weighted by Gasteiger charge is 2.19. The Morgan fingerprint density at radius 3 is 2.45 bits per heavy atom. The highest BCUT2D eigenvalue weighted by Crippen LogP contribution is 2.28. The van der Waals surface area contributed by atoms with Crippen LogP contribution in [0, 0.1) is 0 Å². The molecule has 170 valence electrons. The van der Waals surface area contributed by atoms with Crippen molar-refractivity contribution in [1.82, 2.24) is 14.8 Å². The Morgan fingerprint density at radius 1 is 1.00 bits per heavy atom. The Morgan fingerprint density at radius 2 is 1.79 bits per heavy atom. The molecule has 4 rings (SSSR count). The average molecular weight is 448 g/mol. The van der Waals surface area contributed by atoms with Crippen molar-refractivity contribution in [1.29, 1.82) is 0 Å².